The van der Waals surface area contributed by atoms with E-state index in [-0.39, 0.29) is 5.92 Å². The molecule has 1 saturated carbocycles. The standard InChI is InChI=1S/C8H15BF3/c1-2-7-5-3-4-6-8(7)9(10,11)12/h7-8H,2-6H2,1H3/q-1/t7-,8-/m0/s1. The van der Waals surface area contributed by atoms with E-state index in [9.17, 15) is 12.9 Å². The van der Waals surface area contributed by atoms with E-state index < -0.39 is 12.8 Å². The largest absolute Gasteiger partial charge is 0.481 e. The lowest BCUT2D eigenvalue weighted by Gasteiger charge is -2.37. The molecule has 12 heavy (non-hydrogen) atoms. The molecule has 0 saturated heterocycles. The molecule has 0 aromatic carbocycles. The van der Waals surface area contributed by atoms with Gasteiger partial charge in [-0.3, -0.25) is 0 Å². The van der Waals surface area contributed by atoms with Gasteiger partial charge >= 0.3 is 6.98 Å². The second-order valence-corrected chi connectivity index (χ2v) is 3.74. The summed E-state index contributed by atoms with van der Waals surface area (Å²) >= 11 is 0. The molecule has 0 bridgehead atoms. The van der Waals surface area contributed by atoms with E-state index in [1.807, 2.05) is 6.92 Å². The second-order valence-electron chi connectivity index (χ2n) is 3.74. The normalized spacial score (nSPS) is 32.0. The molecule has 1 aliphatic carbocycles. The molecule has 1 rings (SSSR count). The number of halogens is 3. The molecule has 1 fully saturated rings. The minimum atomic E-state index is -4.58. The van der Waals surface area contributed by atoms with Gasteiger partial charge in [-0.05, 0) is 0 Å². The van der Waals surface area contributed by atoms with Crippen LogP contribution in [0.5, 0.6) is 0 Å². The predicted molar refractivity (Wildman–Crippen MR) is 45.1 cm³/mol. The molecule has 0 aliphatic heterocycles. The quantitative estimate of drug-likeness (QED) is 0.565. The SMILES string of the molecule is CC[C@H]1CCCC[C@@H]1[B-](F)(F)F. The number of hydrogen-bond donors (Lipinski definition) is 0. The van der Waals surface area contributed by atoms with Gasteiger partial charge in [0.25, 0.3) is 0 Å². The van der Waals surface area contributed by atoms with Crippen molar-refractivity contribution in [2.24, 2.45) is 5.92 Å². The highest BCUT2D eigenvalue weighted by Crippen LogP contribution is 2.44. The van der Waals surface area contributed by atoms with Crippen LogP contribution in [-0.4, -0.2) is 6.98 Å². The van der Waals surface area contributed by atoms with Crippen LogP contribution in [0.15, 0.2) is 0 Å². The highest BCUT2D eigenvalue weighted by Gasteiger charge is 2.39. The molecule has 0 nitrogen and oxygen atoms in total. The van der Waals surface area contributed by atoms with E-state index >= 15 is 0 Å². The van der Waals surface area contributed by atoms with Crippen molar-refractivity contribution in [2.75, 3.05) is 0 Å². The van der Waals surface area contributed by atoms with E-state index in [0.29, 0.717) is 12.8 Å². The highest BCUT2D eigenvalue weighted by molar-refractivity contribution is 6.60. The lowest BCUT2D eigenvalue weighted by molar-refractivity contribution is 0.285. The van der Waals surface area contributed by atoms with E-state index in [4.69, 9.17) is 0 Å². The van der Waals surface area contributed by atoms with Crippen molar-refractivity contribution in [3.05, 3.63) is 0 Å². The van der Waals surface area contributed by atoms with Crippen LogP contribution in [0.1, 0.15) is 39.0 Å². The first-order chi connectivity index (χ1) is 5.55. The van der Waals surface area contributed by atoms with Crippen molar-refractivity contribution < 1.29 is 12.9 Å². The van der Waals surface area contributed by atoms with E-state index in [1.165, 1.54) is 0 Å². The van der Waals surface area contributed by atoms with Gasteiger partial charge in [0.15, 0.2) is 0 Å². The van der Waals surface area contributed by atoms with Crippen molar-refractivity contribution >= 4 is 6.98 Å². The fourth-order valence-corrected chi connectivity index (χ4v) is 2.24. The zero-order valence-electron chi connectivity index (χ0n) is 7.40. The summed E-state index contributed by atoms with van der Waals surface area (Å²) in [5, 5.41) is 0. The number of hydrogen-bond acceptors (Lipinski definition) is 0. The molecular formula is C8H15BF3-. The van der Waals surface area contributed by atoms with Crippen molar-refractivity contribution in [1.82, 2.24) is 0 Å². The Balaban J connectivity index is 2.59. The molecule has 0 aromatic heterocycles. The van der Waals surface area contributed by atoms with Crippen LogP contribution in [0.25, 0.3) is 0 Å². The Morgan fingerprint density at radius 2 is 1.75 bits per heavy atom. The number of rotatable bonds is 2. The summed E-state index contributed by atoms with van der Waals surface area (Å²) in [4.78, 5) is 0. The van der Waals surface area contributed by atoms with Gasteiger partial charge in [0, 0.05) is 0 Å². The first kappa shape index (κ1) is 9.94. The average molecular weight is 179 g/mol. The van der Waals surface area contributed by atoms with Gasteiger partial charge in [0.1, 0.15) is 0 Å². The molecule has 0 aromatic rings. The summed E-state index contributed by atoms with van der Waals surface area (Å²) in [6.07, 6.45) is 3.60. The Hall–Kier alpha value is -0.145. The zero-order valence-corrected chi connectivity index (χ0v) is 7.40. The van der Waals surface area contributed by atoms with Crippen LogP contribution in [0, 0.1) is 5.92 Å². The maximum absolute atomic E-state index is 12.4. The van der Waals surface area contributed by atoms with Gasteiger partial charge in [-0.1, -0.05) is 50.8 Å². The fourth-order valence-electron chi connectivity index (χ4n) is 2.24. The molecule has 4 heteroatoms. The van der Waals surface area contributed by atoms with Crippen LogP contribution < -0.4 is 0 Å². The molecule has 0 N–H and O–H groups in total. The lowest BCUT2D eigenvalue weighted by atomic mass is 9.59. The summed E-state index contributed by atoms with van der Waals surface area (Å²) in [6.45, 7) is -2.71. The Morgan fingerprint density at radius 3 is 2.17 bits per heavy atom. The van der Waals surface area contributed by atoms with Crippen LogP contribution in [0.4, 0.5) is 12.9 Å². The van der Waals surface area contributed by atoms with Crippen LogP contribution in [0.2, 0.25) is 5.82 Å². The van der Waals surface area contributed by atoms with Gasteiger partial charge < -0.3 is 12.9 Å². The maximum atomic E-state index is 12.4. The summed E-state index contributed by atoms with van der Waals surface area (Å²) in [5.41, 5.74) is 0. The molecule has 1 aliphatic rings. The highest BCUT2D eigenvalue weighted by atomic mass is 19.4. The van der Waals surface area contributed by atoms with Crippen molar-refractivity contribution in [3.8, 4) is 0 Å². The minimum absolute atomic E-state index is 0.0845. The Kier molecular flexibility index (Phi) is 3.07. The molecule has 2 atom stereocenters. The van der Waals surface area contributed by atoms with Crippen molar-refractivity contribution in [3.63, 3.8) is 0 Å². The van der Waals surface area contributed by atoms with Crippen molar-refractivity contribution in [2.45, 2.75) is 44.8 Å². The van der Waals surface area contributed by atoms with Gasteiger partial charge in [-0.15, -0.1) is 0 Å². The van der Waals surface area contributed by atoms with Crippen LogP contribution in [-0.2, 0) is 0 Å². The molecule has 0 radical (unpaired) electrons. The van der Waals surface area contributed by atoms with E-state index in [2.05, 4.69) is 0 Å². The lowest BCUT2D eigenvalue weighted by Crippen LogP contribution is -2.32. The second kappa shape index (κ2) is 3.71. The van der Waals surface area contributed by atoms with Gasteiger partial charge in [-0.2, -0.15) is 0 Å². The van der Waals surface area contributed by atoms with Gasteiger partial charge in [0.2, 0.25) is 0 Å². The monoisotopic (exact) mass is 179 g/mol. The fraction of sp³-hybridized carbons (Fsp3) is 1.00. The summed E-state index contributed by atoms with van der Waals surface area (Å²) in [5.74, 6) is -1.04. The third-order valence-corrected chi connectivity index (χ3v) is 2.98. The smallest absolute Gasteiger partial charge is 0.449 e. The van der Waals surface area contributed by atoms with E-state index in [0.717, 1.165) is 19.3 Å². The van der Waals surface area contributed by atoms with E-state index in [1.54, 1.807) is 0 Å². The summed E-state index contributed by atoms with van der Waals surface area (Å²) in [6, 6.07) is 0. The zero-order chi connectivity index (χ0) is 9.19. The summed E-state index contributed by atoms with van der Waals surface area (Å²) in [7, 11) is 0. The van der Waals surface area contributed by atoms with Gasteiger partial charge in [-0.25, -0.2) is 0 Å². The Morgan fingerprint density at radius 1 is 1.17 bits per heavy atom. The third-order valence-electron chi connectivity index (χ3n) is 2.98. The minimum Gasteiger partial charge on any atom is -0.449 e. The Labute approximate surface area is 71.6 Å². The molecule has 0 spiro atoms. The third kappa shape index (κ3) is 2.17. The first-order valence-electron chi connectivity index (χ1n) is 4.75. The molecule has 0 amide bonds. The predicted octanol–water partition coefficient (Wildman–Crippen LogP) is 3.80. The average Bonchev–Trinajstić information content (AvgIpc) is 2.03. The Bertz CT molecular complexity index is 144. The van der Waals surface area contributed by atoms with Crippen LogP contribution in [0.3, 0.4) is 0 Å². The molecule has 0 heterocycles. The van der Waals surface area contributed by atoms with Crippen LogP contribution >= 0.6 is 0 Å². The maximum Gasteiger partial charge on any atom is 0.481 e. The first-order valence-corrected chi connectivity index (χ1v) is 4.75. The summed E-state index contributed by atoms with van der Waals surface area (Å²) < 4.78 is 37.3. The topological polar surface area (TPSA) is 0 Å². The molecular weight excluding hydrogens is 164 g/mol. The molecule has 0 unspecified atom stereocenters. The van der Waals surface area contributed by atoms with Crippen molar-refractivity contribution in [1.29, 1.82) is 0 Å². The van der Waals surface area contributed by atoms with Gasteiger partial charge in [0.05, 0.1) is 0 Å². The molecule has 72 valence electrons.